The number of allylic oxidation sites excluding steroid dienone is 4. The smallest absolute Gasteiger partial charge is 0.0433 e. The van der Waals surface area contributed by atoms with E-state index in [2.05, 4.69) is 182 Å². The summed E-state index contributed by atoms with van der Waals surface area (Å²) in [5.41, 5.74) is 10.4. The third-order valence-corrected chi connectivity index (χ3v) is 14.4. The molecule has 0 radical (unpaired) electrons. The Kier molecular flexibility index (Phi) is 7.20. The predicted molar refractivity (Wildman–Crippen MR) is 247 cm³/mol. The zero-order valence-electron chi connectivity index (χ0n) is 30.6. The van der Waals surface area contributed by atoms with E-state index in [0.717, 1.165) is 12.8 Å². The second-order valence-electron chi connectivity index (χ2n) is 15.1. The van der Waals surface area contributed by atoms with Crippen LogP contribution in [0.4, 0.5) is 0 Å². The van der Waals surface area contributed by atoms with E-state index in [-0.39, 0.29) is 0 Å². The molecule has 2 aromatic heterocycles. The number of benzene rings is 9. The molecule has 262 valence electrons. The summed E-state index contributed by atoms with van der Waals surface area (Å²) in [6.07, 6.45) is 6.99. The van der Waals surface area contributed by atoms with Crippen LogP contribution in [0.2, 0.25) is 0 Å². The maximum absolute atomic E-state index is 2.46. The highest BCUT2D eigenvalue weighted by Crippen LogP contribution is 2.44. The molecule has 0 nitrogen and oxygen atoms in total. The van der Waals surface area contributed by atoms with Gasteiger partial charge < -0.3 is 0 Å². The highest BCUT2D eigenvalue weighted by molar-refractivity contribution is 7.26. The van der Waals surface area contributed by atoms with Crippen LogP contribution in [0.25, 0.3) is 106 Å². The molecule has 0 spiro atoms. The Hall–Kier alpha value is -6.32. The van der Waals surface area contributed by atoms with Gasteiger partial charge >= 0.3 is 0 Å². The lowest BCUT2D eigenvalue weighted by Crippen LogP contribution is -1.94. The summed E-state index contributed by atoms with van der Waals surface area (Å²) in [4.78, 5) is 0. The van der Waals surface area contributed by atoms with Crippen LogP contribution in [-0.4, -0.2) is 0 Å². The lowest BCUT2D eigenvalue weighted by atomic mass is 9.87. The van der Waals surface area contributed by atoms with Crippen molar-refractivity contribution in [2.45, 2.75) is 12.8 Å². The minimum atomic E-state index is 1.04. The van der Waals surface area contributed by atoms with Crippen molar-refractivity contribution in [2.75, 3.05) is 0 Å². The van der Waals surface area contributed by atoms with Gasteiger partial charge in [-0.2, -0.15) is 0 Å². The zero-order chi connectivity index (χ0) is 36.7. The molecule has 12 rings (SSSR count). The molecule has 0 atom stereocenters. The summed E-state index contributed by atoms with van der Waals surface area (Å²) in [5.74, 6) is 0. The molecule has 11 aromatic rings. The van der Waals surface area contributed by atoms with Crippen molar-refractivity contribution in [1.29, 1.82) is 0 Å². The Morgan fingerprint density at radius 1 is 0.339 bits per heavy atom. The molecule has 2 heterocycles. The molecule has 0 bridgehead atoms. The first-order valence-electron chi connectivity index (χ1n) is 19.5. The van der Waals surface area contributed by atoms with E-state index in [9.17, 15) is 0 Å². The number of fused-ring (bicyclic) bond motifs is 12. The fourth-order valence-electron chi connectivity index (χ4n) is 9.27. The number of hydrogen-bond acceptors (Lipinski definition) is 2. The van der Waals surface area contributed by atoms with Gasteiger partial charge in [0.05, 0.1) is 0 Å². The van der Waals surface area contributed by atoms with Crippen molar-refractivity contribution >= 4 is 106 Å². The Balaban J connectivity index is 1.000. The van der Waals surface area contributed by atoms with E-state index in [1.165, 1.54) is 117 Å². The predicted octanol–water partition coefficient (Wildman–Crippen LogP) is 16.5. The van der Waals surface area contributed by atoms with E-state index in [0.29, 0.717) is 0 Å². The minimum absolute atomic E-state index is 1.04. The van der Waals surface area contributed by atoms with E-state index in [1.54, 1.807) is 0 Å². The van der Waals surface area contributed by atoms with Gasteiger partial charge in [0.1, 0.15) is 0 Å². The highest BCUT2D eigenvalue weighted by atomic mass is 32.1. The molecule has 0 unspecified atom stereocenters. The summed E-state index contributed by atoms with van der Waals surface area (Å²) in [6.45, 7) is 0. The molecule has 0 aliphatic heterocycles. The van der Waals surface area contributed by atoms with Gasteiger partial charge in [0.2, 0.25) is 0 Å². The van der Waals surface area contributed by atoms with Gasteiger partial charge in [0.25, 0.3) is 0 Å². The van der Waals surface area contributed by atoms with Gasteiger partial charge in [-0.15, -0.1) is 22.7 Å². The molecular weight excluding hydrogens is 713 g/mol. The Morgan fingerprint density at radius 2 is 0.839 bits per heavy atom. The third kappa shape index (κ3) is 4.96. The normalized spacial score (nSPS) is 13.4. The Labute approximate surface area is 332 Å². The van der Waals surface area contributed by atoms with Crippen LogP contribution >= 0.6 is 22.7 Å². The molecule has 56 heavy (non-hydrogen) atoms. The van der Waals surface area contributed by atoms with Crippen molar-refractivity contribution in [3.05, 3.63) is 193 Å². The van der Waals surface area contributed by atoms with Crippen molar-refractivity contribution in [1.82, 2.24) is 0 Å². The standard InChI is InChI=1S/C54H34S2/c1-2-16-42-41(15-1)43-27-25-35(33-11-7-13-37(29-33)39-19-9-21-47-45-17-3-5-23-51(45)55-53(39)47)31-49(43)50-32-36(26-28-44(42)50)34-12-8-14-38(30-34)40-20-10-22-48-46-18-4-6-24-52(46)56-54(40)48/h1-7,9-13,15-32H,8,14H2. The molecule has 0 saturated heterocycles. The van der Waals surface area contributed by atoms with Crippen LogP contribution in [0.5, 0.6) is 0 Å². The summed E-state index contributed by atoms with van der Waals surface area (Å²) < 4.78 is 5.44. The maximum atomic E-state index is 2.46. The second kappa shape index (κ2) is 12.6. The number of thiophene rings is 2. The minimum Gasteiger partial charge on any atom is -0.135 e. The molecule has 9 aromatic carbocycles. The molecule has 0 amide bonds. The number of hydrogen-bond donors (Lipinski definition) is 0. The van der Waals surface area contributed by atoms with Crippen LogP contribution in [0.15, 0.2) is 182 Å². The lowest BCUT2D eigenvalue weighted by Gasteiger charge is -2.17. The monoisotopic (exact) mass is 746 g/mol. The highest BCUT2D eigenvalue weighted by Gasteiger charge is 2.17. The summed E-state index contributed by atoms with van der Waals surface area (Å²) >= 11 is 3.82. The van der Waals surface area contributed by atoms with Crippen LogP contribution in [0.1, 0.15) is 24.0 Å². The van der Waals surface area contributed by atoms with E-state index in [1.807, 2.05) is 22.7 Å². The molecular formula is C54H34S2. The van der Waals surface area contributed by atoms with Gasteiger partial charge in [-0.3, -0.25) is 0 Å². The largest absolute Gasteiger partial charge is 0.135 e. The van der Waals surface area contributed by atoms with Crippen molar-refractivity contribution in [3.8, 4) is 22.3 Å². The molecule has 1 aliphatic carbocycles. The SMILES string of the molecule is C1=C(c2ccc3c4ccccc4c4ccc(-c5cccc(-c6cccc7c6sc6ccccc67)c5)cc4c3c2)C=C(c2cccc3c2sc2ccccc23)CC1. The fraction of sp³-hybridized carbons (Fsp3) is 0.0370. The first-order valence-corrected chi connectivity index (χ1v) is 21.1. The van der Waals surface area contributed by atoms with Crippen LogP contribution in [0.3, 0.4) is 0 Å². The van der Waals surface area contributed by atoms with Gasteiger partial charge in [0, 0.05) is 40.3 Å². The van der Waals surface area contributed by atoms with Crippen molar-refractivity contribution < 1.29 is 0 Å². The molecule has 2 heteroatoms. The van der Waals surface area contributed by atoms with Crippen molar-refractivity contribution in [3.63, 3.8) is 0 Å². The summed E-state index contributed by atoms with van der Waals surface area (Å²) in [6, 6.07) is 63.5. The van der Waals surface area contributed by atoms with Crippen molar-refractivity contribution in [2.24, 2.45) is 0 Å². The van der Waals surface area contributed by atoms with Gasteiger partial charge in [-0.1, -0.05) is 152 Å². The molecule has 0 fully saturated rings. The van der Waals surface area contributed by atoms with E-state index in [4.69, 9.17) is 0 Å². The van der Waals surface area contributed by atoms with E-state index >= 15 is 0 Å². The molecule has 1 aliphatic rings. The van der Waals surface area contributed by atoms with Gasteiger partial charge in [-0.05, 0) is 120 Å². The number of rotatable bonds is 4. The third-order valence-electron chi connectivity index (χ3n) is 11.9. The molecule has 0 saturated carbocycles. The van der Waals surface area contributed by atoms with E-state index < -0.39 is 0 Å². The zero-order valence-corrected chi connectivity index (χ0v) is 32.2. The first kappa shape index (κ1) is 32.0. The fourth-order valence-corrected chi connectivity index (χ4v) is 11.8. The average molecular weight is 747 g/mol. The maximum Gasteiger partial charge on any atom is 0.0433 e. The second-order valence-corrected chi connectivity index (χ2v) is 17.2. The Morgan fingerprint density at radius 3 is 1.54 bits per heavy atom. The topological polar surface area (TPSA) is 0 Å². The summed E-state index contributed by atoms with van der Waals surface area (Å²) in [5, 5.41) is 13.2. The first-order chi connectivity index (χ1) is 27.7. The summed E-state index contributed by atoms with van der Waals surface area (Å²) in [7, 11) is 0. The molecule has 0 N–H and O–H groups in total. The van der Waals surface area contributed by atoms with Gasteiger partial charge in [-0.25, -0.2) is 0 Å². The quantitative estimate of drug-likeness (QED) is 0.157. The van der Waals surface area contributed by atoms with Crippen LogP contribution < -0.4 is 0 Å². The van der Waals surface area contributed by atoms with Crippen LogP contribution in [-0.2, 0) is 0 Å². The lowest BCUT2D eigenvalue weighted by molar-refractivity contribution is 1.06. The van der Waals surface area contributed by atoms with Gasteiger partial charge in [0.15, 0.2) is 0 Å². The average Bonchev–Trinajstić information content (AvgIpc) is 3.85. The van der Waals surface area contributed by atoms with Crippen LogP contribution in [0, 0.1) is 0 Å². The Bertz CT molecular complexity index is 3480.